The first-order valence-electron chi connectivity index (χ1n) is 8.62. The first-order chi connectivity index (χ1) is 13.2. The van der Waals surface area contributed by atoms with E-state index in [-0.39, 0.29) is 5.91 Å². The Kier molecular flexibility index (Phi) is 3.51. The molecule has 0 saturated carbocycles. The molecule has 2 aromatic carbocycles. The van der Waals surface area contributed by atoms with E-state index in [4.69, 9.17) is 0 Å². The van der Waals surface area contributed by atoms with E-state index in [2.05, 4.69) is 20.5 Å². The van der Waals surface area contributed by atoms with Gasteiger partial charge >= 0.3 is 0 Å². The highest BCUT2D eigenvalue weighted by molar-refractivity contribution is 5.95. The SMILES string of the molecule is O=C(c1ccc(-n2cc(-c3n[nH]c4ccccc34)nn2)cc1)N1CC(O)C1. The third-order valence-electron chi connectivity index (χ3n) is 4.73. The number of aromatic nitrogens is 5. The molecule has 1 aliphatic rings. The predicted octanol–water partition coefficient (Wildman–Crippen LogP) is 1.63. The number of fused-ring (bicyclic) bond motifs is 1. The molecule has 0 unspecified atom stereocenters. The third-order valence-corrected chi connectivity index (χ3v) is 4.73. The molecule has 1 fully saturated rings. The molecule has 1 amide bonds. The summed E-state index contributed by atoms with van der Waals surface area (Å²) in [7, 11) is 0. The Bertz CT molecular complexity index is 1120. The van der Waals surface area contributed by atoms with Gasteiger partial charge in [-0.1, -0.05) is 23.4 Å². The van der Waals surface area contributed by atoms with Gasteiger partial charge in [0, 0.05) is 24.0 Å². The van der Waals surface area contributed by atoms with Crippen LogP contribution in [0.15, 0.2) is 54.7 Å². The van der Waals surface area contributed by atoms with Crippen LogP contribution in [0, 0.1) is 0 Å². The normalized spacial score (nSPS) is 14.5. The minimum absolute atomic E-state index is 0.0749. The van der Waals surface area contributed by atoms with Crippen LogP contribution in [0.1, 0.15) is 10.4 Å². The van der Waals surface area contributed by atoms with Crippen molar-refractivity contribution in [1.29, 1.82) is 0 Å². The molecular weight excluding hydrogens is 344 g/mol. The van der Waals surface area contributed by atoms with E-state index in [0.29, 0.717) is 24.3 Å². The molecule has 2 N–H and O–H groups in total. The average Bonchev–Trinajstić information content (AvgIpc) is 3.32. The van der Waals surface area contributed by atoms with Gasteiger partial charge in [-0.3, -0.25) is 9.89 Å². The molecule has 0 atom stereocenters. The zero-order valence-corrected chi connectivity index (χ0v) is 14.3. The number of para-hydroxylation sites is 1. The van der Waals surface area contributed by atoms with Crippen LogP contribution in [0.2, 0.25) is 0 Å². The van der Waals surface area contributed by atoms with Crippen molar-refractivity contribution in [3.8, 4) is 17.1 Å². The number of nitrogens with one attached hydrogen (secondary N) is 1. The number of carbonyl (C=O) groups is 1. The number of hydrogen-bond acceptors (Lipinski definition) is 5. The predicted molar refractivity (Wildman–Crippen MR) is 98.4 cm³/mol. The molecular formula is C19H16N6O2. The molecule has 1 saturated heterocycles. The number of benzene rings is 2. The van der Waals surface area contributed by atoms with Gasteiger partial charge in [0.25, 0.3) is 5.91 Å². The van der Waals surface area contributed by atoms with E-state index in [9.17, 15) is 9.90 Å². The summed E-state index contributed by atoms with van der Waals surface area (Å²) in [6, 6.07) is 15.0. The van der Waals surface area contributed by atoms with E-state index in [1.54, 1.807) is 21.7 Å². The first kappa shape index (κ1) is 15.7. The number of β-amino-alcohol motifs (C(OH)–C–C–N with tert-alkyl or cyclic N) is 1. The highest BCUT2D eigenvalue weighted by Crippen LogP contribution is 2.24. The van der Waals surface area contributed by atoms with Gasteiger partial charge in [0.05, 0.1) is 23.5 Å². The van der Waals surface area contributed by atoms with Crippen molar-refractivity contribution in [3.63, 3.8) is 0 Å². The Morgan fingerprint density at radius 3 is 2.67 bits per heavy atom. The molecule has 0 bridgehead atoms. The number of amides is 1. The van der Waals surface area contributed by atoms with Crippen LogP contribution in [0.5, 0.6) is 0 Å². The van der Waals surface area contributed by atoms with Gasteiger partial charge in [-0.2, -0.15) is 5.10 Å². The van der Waals surface area contributed by atoms with Crippen molar-refractivity contribution in [2.24, 2.45) is 0 Å². The zero-order chi connectivity index (χ0) is 18.4. The summed E-state index contributed by atoms with van der Waals surface area (Å²) in [5.41, 5.74) is 3.75. The lowest BCUT2D eigenvalue weighted by Crippen LogP contribution is -2.53. The van der Waals surface area contributed by atoms with E-state index in [1.165, 1.54) is 0 Å². The van der Waals surface area contributed by atoms with Crippen molar-refractivity contribution in [2.45, 2.75) is 6.10 Å². The number of aromatic amines is 1. The number of hydrogen-bond donors (Lipinski definition) is 2. The van der Waals surface area contributed by atoms with Gasteiger partial charge in [0.2, 0.25) is 0 Å². The maximum absolute atomic E-state index is 12.3. The molecule has 5 rings (SSSR count). The minimum Gasteiger partial charge on any atom is -0.389 e. The van der Waals surface area contributed by atoms with Crippen LogP contribution >= 0.6 is 0 Å². The summed E-state index contributed by atoms with van der Waals surface area (Å²) in [6.07, 6.45) is 1.41. The second-order valence-electron chi connectivity index (χ2n) is 6.58. The maximum atomic E-state index is 12.3. The molecule has 8 nitrogen and oxygen atoms in total. The zero-order valence-electron chi connectivity index (χ0n) is 14.3. The van der Waals surface area contributed by atoms with E-state index in [0.717, 1.165) is 22.3 Å². The summed E-state index contributed by atoms with van der Waals surface area (Å²) in [4.78, 5) is 13.9. The third kappa shape index (κ3) is 2.67. The standard InChI is InChI=1S/C19H16N6O2/c26-14-9-24(10-14)19(27)12-5-7-13(8-6-12)25-11-17(21-23-25)18-15-3-1-2-4-16(15)20-22-18/h1-8,11,14,26H,9-10H2,(H,20,22). The van der Waals surface area contributed by atoms with E-state index in [1.807, 2.05) is 42.6 Å². The summed E-state index contributed by atoms with van der Waals surface area (Å²) in [5, 5.41) is 26.1. The lowest BCUT2D eigenvalue weighted by atomic mass is 10.1. The highest BCUT2D eigenvalue weighted by Gasteiger charge is 2.29. The van der Waals surface area contributed by atoms with E-state index < -0.39 is 6.10 Å². The Morgan fingerprint density at radius 2 is 1.89 bits per heavy atom. The van der Waals surface area contributed by atoms with Gasteiger partial charge < -0.3 is 10.0 Å². The number of aliphatic hydroxyl groups excluding tert-OH is 1. The van der Waals surface area contributed by atoms with Crippen LogP contribution in [0.3, 0.4) is 0 Å². The van der Waals surface area contributed by atoms with Crippen molar-refractivity contribution in [2.75, 3.05) is 13.1 Å². The molecule has 27 heavy (non-hydrogen) atoms. The van der Waals surface area contributed by atoms with Crippen molar-refractivity contribution in [3.05, 3.63) is 60.3 Å². The van der Waals surface area contributed by atoms with Gasteiger partial charge in [-0.15, -0.1) is 5.10 Å². The molecule has 1 aliphatic heterocycles. The fourth-order valence-electron chi connectivity index (χ4n) is 3.22. The quantitative estimate of drug-likeness (QED) is 0.578. The fourth-order valence-corrected chi connectivity index (χ4v) is 3.22. The monoisotopic (exact) mass is 360 g/mol. The second-order valence-corrected chi connectivity index (χ2v) is 6.58. The number of aliphatic hydroxyl groups is 1. The van der Waals surface area contributed by atoms with Crippen LogP contribution < -0.4 is 0 Å². The van der Waals surface area contributed by atoms with Crippen molar-refractivity contribution < 1.29 is 9.90 Å². The topological polar surface area (TPSA) is 99.9 Å². The smallest absolute Gasteiger partial charge is 0.254 e. The summed E-state index contributed by atoms with van der Waals surface area (Å²) in [5.74, 6) is -0.0749. The number of carbonyl (C=O) groups excluding carboxylic acids is 1. The molecule has 0 aliphatic carbocycles. The molecule has 8 heteroatoms. The fraction of sp³-hybridized carbons (Fsp3) is 0.158. The van der Waals surface area contributed by atoms with Crippen molar-refractivity contribution in [1.82, 2.24) is 30.1 Å². The lowest BCUT2D eigenvalue weighted by Gasteiger charge is -2.35. The maximum Gasteiger partial charge on any atom is 0.254 e. The molecule has 4 aromatic rings. The van der Waals surface area contributed by atoms with Gasteiger partial charge in [0.1, 0.15) is 11.4 Å². The van der Waals surface area contributed by atoms with Crippen LogP contribution in [-0.2, 0) is 0 Å². The summed E-state index contributed by atoms with van der Waals surface area (Å²) < 4.78 is 1.65. The highest BCUT2D eigenvalue weighted by atomic mass is 16.3. The van der Waals surface area contributed by atoms with Crippen molar-refractivity contribution >= 4 is 16.8 Å². The first-order valence-corrected chi connectivity index (χ1v) is 8.62. The Labute approximate surface area is 154 Å². The largest absolute Gasteiger partial charge is 0.389 e. The number of likely N-dealkylation sites (tertiary alicyclic amines) is 1. The average molecular weight is 360 g/mol. The van der Waals surface area contributed by atoms with E-state index >= 15 is 0 Å². The molecule has 3 heterocycles. The summed E-state index contributed by atoms with van der Waals surface area (Å²) >= 11 is 0. The minimum atomic E-state index is -0.403. The molecule has 0 spiro atoms. The second kappa shape index (κ2) is 6.03. The summed E-state index contributed by atoms with van der Waals surface area (Å²) in [6.45, 7) is 0.787. The molecule has 2 aromatic heterocycles. The Hall–Kier alpha value is -3.52. The molecule has 134 valence electrons. The van der Waals surface area contributed by atoms with Crippen LogP contribution in [-0.4, -0.2) is 60.3 Å². The van der Waals surface area contributed by atoms with Gasteiger partial charge in [-0.05, 0) is 30.3 Å². The number of nitrogens with zero attached hydrogens (tertiary/aromatic N) is 5. The Balaban J connectivity index is 1.40. The van der Waals surface area contributed by atoms with Crippen LogP contribution in [0.25, 0.3) is 28.0 Å². The van der Waals surface area contributed by atoms with Gasteiger partial charge in [-0.25, -0.2) is 4.68 Å². The molecule has 0 radical (unpaired) electrons. The van der Waals surface area contributed by atoms with Crippen LogP contribution in [0.4, 0.5) is 0 Å². The lowest BCUT2D eigenvalue weighted by molar-refractivity contribution is 0.00589. The van der Waals surface area contributed by atoms with Gasteiger partial charge in [0.15, 0.2) is 0 Å². The number of H-pyrrole nitrogens is 1. The number of rotatable bonds is 3. The Morgan fingerprint density at radius 1 is 1.11 bits per heavy atom.